The highest BCUT2D eigenvalue weighted by molar-refractivity contribution is 5.87. The first-order valence-electron chi connectivity index (χ1n) is 10.1. The van der Waals surface area contributed by atoms with E-state index in [0.29, 0.717) is 0 Å². The minimum atomic E-state index is -1.18. The van der Waals surface area contributed by atoms with E-state index in [9.17, 15) is 19.3 Å². The molecule has 2 rings (SSSR count). The largest absolute Gasteiger partial charge is 0.511 e. The van der Waals surface area contributed by atoms with Gasteiger partial charge in [-0.25, -0.2) is 9.59 Å². The van der Waals surface area contributed by atoms with Crippen molar-refractivity contribution in [2.75, 3.05) is 26.9 Å². The first kappa shape index (κ1) is 25.4. The average Bonchev–Trinajstić information content (AvgIpc) is 2.81. The van der Waals surface area contributed by atoms with Gasteiger partial charge in [-0.15, -0.1) is 4.91 Å². The number of carbonyl (C=O) groups is 3. The zero-order valence-corrected chi connectivity index (χ0v) is 18.5. The van der Waals surface area contributed by atoms with Crippen molar-refractivity contribution < 1.29 is 42.9 Å². The summed E-state index contributed by atoms with van der Waals surface area (Å²) in [6, 6.07) is 11.2. The maximum atomic E-state index is 12.3. The number of fused-ring (bicyclic) bond motifs is 1. The molecular weight excluding hydrogens is 438 g/mol. The van der Waals surface area contributed by atoms with Gasteiger partial charge in [-0.1, -0.05) is 24.3 Å². The van der Waals surface area contributed by atoms with E-state index in [-0.39, 0.29) is 19.6 Å². The summed E-state index contributed by atoms with van der Waals surface area (Å²) in [5, 5.41) is 4.03. The van der Waals surface area contributed by atoms with Crippen LogP contribution in [-0.2, 0) is 33.4 Å². The third-order valence-electron chi connectivity index (χ3n) is 4.48. The van der Waals surface area contributed by atoms with Crippen molar-refractivity contribution in [3.63, 3.8) is 0 Å². The van der Waals surface area contributed by atoms with Crippen molar-refractivity contribution in [3.8, 4) is 5.75 Å². The summed E-state index contributed by atoms with van der Waals surface area (Å²) in [6.45, 7) is 2.27. The van der Waals surface area contributed by atoms with Crippen LogP contribution in [0.25, 0.3) is 10.8 Å². The molecule has 0 fully saturated rings. The Hall–Kier alpha value is -3.89. The molecule has 0 aliphatic rings. The number of nitrogens with zero attached hydrogens (tertiary/aromatic N) is 1. The van der Waals surface area contributed by atoms with Gasteiger partial charge in [-0.05, 0) is 35.4 Å². The quantitative estimate of drug-likeness (QED) is 0.115. The van der Waals surface area contributed by atoms with Crippen LogP contribution in [0.4, 0.5) is 4.79 Å². The minimum absolute atomic E-state index is 0.0602. The van der Waals surface area contributed by atoms with E-state index in [1.807, 2.05) is 36.4 Å². The van der Waals surface area contributed by atoms with Gasteiger partial charge in [0.1, 0.15) is 5.75 Å². The number of hydrogen-bond donors (Lipinski definition) is 0. The Morgan fingerprint density at radius 1 is 0.939 bits per heavy atom. The van der Waals surface area contributed by atoms with Crippen LogP contribution in [0.1, 0.15) is 31.7 Å². The monoisotopic (exact) mass is 463 g/mol. The number of carbonyl (C=O) groups excluding carboxylic acids is 3. The summed E-state index contributed by atoms with van der Waals surface area (Å²) in [4.78, 5) is 49.3. The first-order chi connectivity index (χ1) is 15.8. The van der Waals surface area contributed by atoms with Crippen LogP contribution in [0.2, 0.25) is 0 Å². The van der Waals surface area contributed by atoms with Crippen LogP contribution in [-0.4, -0.2) is 51.3 Å². The van der Waals surface area contributed by atoms with Crippen LogP contribution in [0.5, 0.6) is 5.75 Å². The molecule has 2 atom stereocenters. The first-order valence-corrected chi connectivity index (χ1v) is 10.1. The van der Waals surface area contributed by atoms with E-state index in [1.54, 1.807) is 14.0 Å². The third-order valence-corrected chi connectivity index (χ3v) is 4.48. The van der Waals surface area contributed by atoms with Gasteiger partial charge in [0, 0.05) is 13.3 Å². The maximum absolute atomic E-state index is 12.3. The number of methoxy groups -OCH3 is 1. The smallest absolute Gasteiger partial charge is 0.497 e. The number of esters is 2. The number of hydrogen-bond acceptors (Lipinski definition) is 11. The second kappa shape index (κ2) is 12.8. The van der Waals surface area contributed by atoms with Crippen molar-refractivity contribution in [2.45, 2.75) is 32.5 Å². The van der Waals surface area contributed by atoms with Gasteiger partial charge in [0.15, 0.2) is 11.9 Å². The SMILES string of the molecule is COc1ccc2cc([C@H](C)C(=O)OCC(=O)OCCCOC(=O)OC(C)ON=O)ccc2c1. The summed E-state index contributed by atoms with van der Waals surface area (Å²) in [5.74, 6) is -1.14. The van der Waals surface area contributed by atoms with Crippen LogP contribution < -0.4 is 4.74 Å². The Kier molecular flexibility index (Phi) is 9.87. The van der Waals surface area contributed by atoms with Crippen molar-refractivity contribution in [2.24, 2.45) is 5.34 Å². The summed E-state index contributed by atoms with van der Waals surface area (Å²) in [6.07, 6.45) is -2.05. The molecule has 0 heterocycles. The lowest BCUT2D eigenvalue weighted by atomic mass is 9.98. The van der Waals surface area contributed by atoms with E-state index in [4.69, 9.17) is 18.9 Å². The number of ether oxygens (including phenoxy) is 5. The minimum Gasteiger partial charge on any atom is -0.497 e. The highest BCUT2D eigenvalue weighted by Crippen LogP contribution is 2.25. The van der Waals surface area contributed by atoms with Gasteiger partial charge >= 0.3 is 18.1 Å². The van der Waals surface area contributed by atoms with Gasteiger partial charge < -0.3 is 28.5 Å². The lowest BCUT2D eigenvalue weighted by Crippen LogP contribution is -2.21. The van der Waals surface area contributed by atoms with Gasteiger partial charge in [0.25, 0.3) is 6.29 Å². The van der Waals surface area contributed by atoms with E-state index in [2.05, 4.69) is 14.9 Å². The summed E-state index contributed by atoms with van der Waals surface area (Å²) in [5.41, 5.74) is 0.749. The van der Waals surface area contributed by atoms with E-state index in [0.717, 1.165) is 22.1 Å². The molecule has 0 N–H and O–H groups in total. The zero-order chi connectivity index (χ0) is 24.2. The zero-order valence-electron chi connectivity index (χ0n) is 18.5. The Balaban J connectivity index is 1.69. The number of benzene rings is 2. The molecule has 0 saturated carbocycles. The fourth-order valence-corrected chi connectivity index (χ4v) is 2.72. The van der Waals surface area contributed by atoms with Crippen molar-refractivity contribution >= 4 is 28.9 Å². The third kappa shape index (κ3) is 8.28. The predicted molar refractivity (Wildman–Crippen MR) is 114 cm³/mol. The van der Waals surface area contributed by atoms with Crippen molar-refractivity contribution in [1.82, 2.24) is 0 Å². The molecule has 0 amide bonds. The molecule has 178 valence electrons. The second-order valence-electron chi connectivity index (χ2n) is 6.84. The van der Waals surface area contributed by atoms with E-state index in [1.165, 1.54) is 6.92 Å². The molecular formula is C22H25NO10. The van der Waals surface area contributed by atoms with E-state index < -0.39 is 36.9 Å². The van der Waals surface area contributed by atoms with Crippen molar-refractivity contribution in [3.05, 3.63) is 46.9 Å². The van der Waals surface area contributed by atoms with Gasteiger partial charge in [0.2, 0.25) is 0 Å². The average molecular weight is 463 g/mol. The van der Waals surface area contributed by atoms with Gasteiger partial charge in [-0.2, -0.15) is 0 Å². The molecule has 1 unspecified atom stereocenters. The molecule has 33 heavy (non-hydrogen) atoms. The highest BCUT2D eigenvalue weighted by atomic mass is 16.8. The molecule has 2 aromatic rings. The van der Waals surface area contributed by atoms with E-state index >= 15 is 0 Å². The fraction of sp³-hybridized carbons (Fsp3) is 0.409. The standard InChI is InChI=1S/C22H25NO10/c1-14(16-5-6-18-12-19(28-3)8-7-17(18)11-16)21(25)31-13-20(24)29-9-4-10-30-22(26)32-15(2)33-23-27/h5-8,11-12,14-15H,4,9-10,13H2,1-3H3/t14-,15?/m0/s1. The van der Waals surface area contributed by atoms with Crippen LogP contribution in [0, 0.1) is 4.91 Å². The molecule has 11 nitrogen and oxygen atoms in total. The predicted octanol–water partition coefficient (Wildman–Crippen LogP) is 3.63. The second-order valence-corrected chi connectivity index (χ2v) is 6.84. The van der Waals surface area contributed by atoms with Gasteiger partial charge in [-0.3, -0.25) is 4.79 Å². The Bertz CT molecular complexity index is 977. The molecule has 0 radical (unpaired) electrons. The summed E-state index contributed by atoms with van der Waals surface area (Å²) >= 11 is 0. The normalized spacial score (nSPS) is 12.2. The molecule has 0 bridgehead atoms. The Morgan fingerprint density at radius 2 is 1.64 bits per heavy atom. The molecule has 0 saturated heterocycles. The van der Waals surface area contributed by atoms with Crippen LogP contribution >= 0.6 is 0 Å². The highest BCUT2D eigenvalue weighted by Gasteiger charge is 2.19. The Labute approximate surface area is 189 Å². The Morgan fingerprint density at radius 3 is 2.36 bits per heavy atom. The lowest BCUT2D eigenvalue weighted by molar-refractivity contribution is -0.159. The fourth-order valence-electron chi connectivity index (χ4n) is 2.72. The summed E-state index contributed by atoms with van der Waals surface area (Å²) in [7, 11) is 1.59. The van der Waals surface area contributed by atoms with Crippen molar-refractivity contribution in [1.29, 1.82) is 0 Å². The van der Waals surface area contributed by atoms with Gasteiger partial charge in [0.05, 0.1) is 26.2 Å². The van der Waals surface area contributed by atoms with Crippen LogP contribution in [0.3, 0.4) is 0 Å². The molecule has 0 aliphatic carbocycles. The maximum Gasteiger partial charge on any atom is 0.511 e. The summed E-state index contributed by atoms with van der Waals surface area (Å²) < 4.78 is 24.4. The molecule has 0 spiro atoms. The molecule has 0 aliphatic heterocycles. The number of rotatable bonds is 12. The molecule has 2 aromatic carbocycles. The lowest BCUT2D eigenvalue weighted by Gasteiger charge is -2.13. The molecule has 11 heteroatoms. The van der Waals surface area contributed by atoms with Crippen LogP contribution in [0.15, 0.2) is 41.7 Å². The molecule has 0 aromatic heterocycles. The topological polar surface area (TPSA) is 136 Å².